The number of esters is 1. The van der Waals surface area contributed by atoms with Gasteiger partial charge in [-0.15, -0.1) is 0 Å². The lowest BCUT2D eigenvalue weighted by atomic mass is 10.0. The second kappa shape index (κ2) is 7.67. The lowest BCUT2D eigenvalue weighted by molar-refractivity contribution is -0.147. The van der Waals surface area contributed by atoms with E-state index >= 15 is 0 Å². The number of carbonyl (C=O) groups is 1. The summed E-state index contributed by atoms with van der Waals surface area (Å²) in [5, 5.41) is 0.707. The highest BCUT2D eigenvalue weighted by atomic mass is 35.5. The van der Waals surface area contributed by atoms with E-state index in [0.29, 0.717) is 5.02 Å². The molecule has 1 saturated carbocycles. The smallest absolute Gasteiger partial charge is 0.303 e. The largest absolute Gasteiger partial charge is 0.458 e. The van der Waals surface area contributed by atoms with Gasteiger partial charge in [0.25, 0.3) is 0 Å². The summed E-state index contributed by atoms with van der Waals surface area (Å²) in [6.45, 7) is 4.87. The Balaban J connectivity index is 1.59. The van der Waals surface area contributed by atoms with E-state index in [0.717, 1.165) is 30.4 Å². The van der Waals surface area contributed by atoms with Crippen LogP contribution in [0.15, 0.2) is 24.3 Å². The van der Waals surface area contributed by atoms with Gasteiger partial charge in [0.2, 0.25) is 0 Å². The lowest BCUT2D eigenvalue weighted by Crippen LogP contribution is -2.31. The lowest BCUT2D eigenvalue weighted by Gasteiger charge is -2.27. The topological polar surface area (TPSA) is 29.5 Å². The van der Waals surface area contributed by atoms with Crippen LogP contribution in [0.4, 0.5) is 0 Å². The number of benzene rings is 1. The molecule has 0 amide bonds. The Kier molecular flexibility index (Phi) is 5.60. The Morgan fingerprint density at radius 3 is 2.74 bits per heavy atom. The molecule has 0 radical (unpaired) electrons. The minimum absolute atomic E-state index is 0.176. The number of rotatable bonds is 5. The molecule has 1 saturated heterocycles. The van der Waals surface area contributed by atoms with Crippen LogP contribution in [0.2, 0.25) is 5.02 Å². The van der Waals surface area contributed by atoms with Crippen molar-refractivity contribution < 1.29 is 9.53 Å². The van der Waals surface area contributed by atoms with Gasteiger partial charge in [0, 0.05) is 31.5 Å². The molecule has 1 aromatic carbocycles. The Hall–Kier alpha value is -1.06. The summed E-state index contributed by atoms with van der Waals surface area (Å²) in [4.78, 5) is 14.0. The van der Waals surface area contributed by atoms with Crippen LogP contribution in [0.1, 0.15) is 50.7 Å². The van der Waals surface area contributed by atoms with Gasteiger partial charge >= 0.3 is 5.97 Å². The van der Waals surface area contributed by atoms with E-state index in [1.54, 1.807) is 0 Å². The Labute approximate surface area is 144 Å². The van der Waals surface area contributed by atoms with Crippen LogP contribution >= 0.6 is 11.6 Å². The number of halogens is 1. The van der Waals surface area contributed by atoms with Gasteiger partial charge in [-0.2, -0.15) is 0 Å². The summed E-state index contributed by atoms with van der Waals surface area (Å²) in [7, 11) is 0. The van der Waals surface area contributed by atoms with Crippen LogP contribution in [0, 0.1) is 11.8 Å². The third-order valence-electron chi connectivity index (χ3n) is 5.28. The van der Waals surface area contributed by atoms with Gasteiger partial charge in [-0.25, -0.2) is 0 Å². The molecule has 0 aromatic heterocycles. The zero-order valence-electron chi connectivity index (χ0n) is 13.8. The Morgan fingerprint density at radius 1 is 1.26 bits per heavy atom. The molecular formula is C19H26ClNO2. The summed E-state index contributed by atoms with van der Waals surface area (Å²) < 4.78 is 5.55. The second-order valence-electron chi connectivity index (χ2n) is 7.07. The fourth-order valence-electron chi connectivity index (χ4n) is 4.10. The number of ether oxygens (including phenoxy) is 1. The summed E-state index contributed by atoms with van der Waals surface area (Å²) in [6.07, 6.45) is 6.24. The van der Waals surface area contributed by atoms with E-state index in [-0.39, 0.29) is 12.1 Å². The van der Waals surface area contributed by atoms with Gasteiger partial charge in [-0.3, -0.25) is 4.79 Å². The Bertz CT molecular complexity index is 531. The van der Waals surface area contributed by atoms with Crippen molar-refractivity contribution in [1.29, 1.82) is 0 Å². The molecule has 126 valence electrons. The van der Waals surface area contributed by atoms with Crippen LogP contribution in [0.5, 0.6) is 0 Å². The highest BCUT2D eigenvalue weighted by Gasteiger charge is 2.30. The van der Waals surface area contributed by atoms with E-state index < -0.39 is 0 Å². The highest BCUT2D eigenvalue weighted by molar-refractivity contribution is 6.30. The third-order valence-corrected chi connectivity index (χ3v) is 5.53. The number of hydrogen-bond acceptors (Lipinski definition) is 3. The molecule has 1 heterocycles. The third kappa shape index (κ3) is 4.71. The van der Waals surface area contributed by atoms with E-state index in [1.165, 1.54) is 45.7 Å². The van der Waals surface area contributed by atoms with Crippen molar-refractivity contribution in [1.82, 2.24) is 4.90 Å². The fourth-order valence-corrected chi connectivity index (χ4v) is 4.23. The molecule has 2 aliphatic rings. The molecule has 1 aromatic rings. The second-order valence-corrected chi connectivity index (χ2v) is 7.51. The maximum atomic E-state index is 11.4. The van der Waals surface area contributed by atoms with Gasteiger partial charge in [0.15, 0.2) is 0 Å². The molecule has 23 heavy (non-hydrogen) atoms. The average Bonchev–Trinajstić information content (AvgIpc) is 2.85. The normalized spacial score (nSPS) is 25.8. The molecular weight excluding hydrogens is 310 g/mol. The zero-order valence-corrected chi connectivity index (χ0v) is 14.6. The molecule has 0 unspecified atom stereocenters. The van der Waals surface area contributed by atoms with Crippen molar-refractivity contribution in [2.24, 2.45) is 11.8 Å². The Morgan fingerprint density at radius 2 is 2.00 bits per heavy atom. The molecule has 4 heteroatoms. The van der Waals surface area contributed by atoms with Gasteiger partial charge in [0.05, 0.1) is 0 Å². The van der Waals surface area contributed by atoms with Crippen LogP contribution in [-0.2, 0) is 9.53 Å². The molecule has 2 fully saturated rings. The molecule has 1 aliphatic carbocycles. The number of fused-ring (bicyclic) bond motifs is 2. The highest BCUT2D eigenvalue weighted by Crippen LogP contribution is 2.36. The number of hydrogen-bond donors (Lipinski definition) is 0. The van der Waals surface area contributed by atoms with Crippen molar-refractivity contribution >= 4 is 17.6 Å². The van der Waals surface area contributed by atoms with Gasteiger partial charge in [-0.1, -0.05) is 30.2 Å². The maximum Gasteiger partial charge on any atom is 0.303 e. The van der Waals surface area contributed by atoms with Crippen LogP contribution in [0.3, 0.4) is 0 Å². The van der Waals surface area contributed by atoms with Crippen molar-refractivity contribution in [3.8, 4) is 0 Å². The maximum absolute atomic E-state index is 11.4. The molecule has 1 aliphatic heterocycles. The molecule has 3 atom stereocenters. The number of likely N-dealkylation sites (tertiary alicyclic amines) is 1. The minimum Gasteiger partial charge on any atom is -0.458 e. The average molecular weight is 336 g/mol. The van der Waals surface area contributed by atoms with E-state index in [9.17, 15) is 4.79 Å². The predicted octanol–water partition coefficient (Wildman–Crippen LogP) is 4.46. The summed E-state index contributed by atoms with van der Waals surface area (Å²) >= 11 is 5.96. The minimum atomic E-state index is -0.222. The first-order valence-electron chi connectivity index (χ1n) is 8.75. The molecule has 3 nitrogen and oxygen atoms in total. The van der Waals surface area contributed by atoms with Gasteiger partial charge in [-0.05, 0) is 55.3 Å². The van der Waals surface area contributed by atoms with E-state index in [4.69, 9.17) is 16.3 Å². The monoisotopic (exact) mass is 335 g/mol. The molecule has 0 spiro atoms. The first-order chi connectivity index (χ1) is 11.1. The van der Waals surface area contributed by atoms with Crippen LogP contribution in [-0.4, -0.2) is 30.5 Å². The molecule has 2 bridgehead atoms. The summed E-state index contributed by atoms with van der Waals surface area (Å²) in [5.41, 5.74) is 1.03. The summed E-state index contributed by atoms with van der Waals surface area (Å²) in [6, 6.07) is 7.64. The number of nitrogens with zero attached hydrogens (tertiary/aromatic N) is 1. The van der Waals surface area contributed by atoms with Crippen molar-refractivity contribution in [3.05, 3.63) is 34.9 Å². The quantitative estimate of drug-likeness (QED) is 0.744. The number of carbonyl (C=O) groups excluding carboxylic acids is 1. The first kappa shape index (κ1) is 16.8. The van der Waals surface area contributed by atoms with Crippen LogP contribution in [0.25, 0.3) is 0 Å². The van der Waals surface area contributed by atoms with Gasteiger partial charge < -0.3 is 9.64 Å². The molecule has 0 N–H and O–H groups in total. The van der Waals surface area contributed by atoms with E-state index in [1.807, 2.05) is 24.3 Å². The standard InChI is InChI=1S/C19H26ClNO2/c1-14(22)23-19(17-4-6-18(20)7-5-17)9-11-21-10-8-15-2-3-16(12-15)13-21/h4-7,15-16,19H,2-3,8-13H2,1H3/t15-,16-,19-/m0/s1. The van der Waals surface area contributed by atoms with Gasteiger partial charge in [0.1, 0.15) is 6.10 Å². The van der Waals surface area contributed by atoms with Crippen LogP contribution < -0.4 is 0 Å². The van der Waals surface area contributed by atoms with Crippen molar-refractivity contribution in [3.63, 3.8) is 0 Å². The van der Waals surface area contributed by atoms with Crippen molar-refractivity contribution in [2.75, 3.05) is 19.6 Å². The SMILES string of the molecule is CC(=O)O[C@@H](CCN1CC[C@@H]2CC[C@@H](C2)C1)c1ccc(Cl)cc1. The van der Waals surface area contributed by atoms with E-state index in [2.05, 4.69) is 4.90 Å². The fraction of sp³-hybridized carbons (Fsp3) is 0.632. The summed E-state index contributed by atoms with van der Waals surface area (Å²) in [5.74, 6) is 1.61. The zero-order chi connectivity index (χ0) is 16.2. The predicted molar refractivity (Wildman–Crippen MR) is 92.5 cm³/mol. The van der Waals surface area contributed by atoms with Crippen molar-refractivity contribution in [2.45, 2.75) is 45.1 Å². The molecule has 3 rings (SSSR count). The first-order valence-corrected chi connectivity index (χ1v) is 9.13.